The van der Waals surface area contributed by atoms with Gasteiger partial charge < -0.3 is 14.6 Å². The van der Waals surface area contributed by atoms with Gasteiger partial charge in [0.25, 0.3) is 0 Å². The number of aliphatic hydroxyl groups excluding tert-OH is 1. The van der Waals surface area contributed by atoms with Gasteiger partial charge in [-0.2, -0.15) is 0 Å². The summed E-state index contributed by atoms with van der Waals surface area (Å²) in [6.45, 7) is 2.41. The van der Waals surface area contributed by atoms with E-state index in [0.717, 1.165) is 28.1 Å². The van der Waals surface area contributed by atoms with E-state index in [1.54, 1.807) is 4.90 Å². The molecule has 0 aliphatic carbocycles. The van der Waals surface area contributed by atoms with Gasteiger partial charge in [0.05, 0.1) is 12.4 Å². The molecule has 2 heterocycles. The molecule has 1 fully saturated rings. The number of piperidine rings is 1. The van der Waals surface area contributed by atoms with Crippen molar-refractivity contribution in [3.63, 3.8) is 0 Å². The molecule has 0 radical (unpaired) electrons. The molecule has 31 heavy (non-hydrogen) atoms. The smallest absolute Gasteiger partial charge is 0.219 e. The van der Waals surface area contributed by atoms with Gasteiger partial charge in [-0.1, -0.05) is 36.4 Å². The molecule has 1 aromatic heterocycles. The number of carbonyl (C=O) groups excluding carboxylic acids is 1. The van der Waals surface area contributed by atoms with Crippen LogP contribution in [0, 0.1) is 0 Å². The van der Waals surface area contributed by atoms with Crippen LogP contribution >= 0.6 is 0 Å². The molecule has 1 aliphatic heterocycles. The Morgan fingerprint density at radius 1 is 1.13 bits per heavy atom. The molecule has 166 valence electrons. The van der Waals surface area contributed by atoms with E-state index in [1.807, 2.05) is 24.3 Å². The molecule has 4 rings (SSSR count). The van der Waals surface area contributed by atoms with Gasteiger partial charge in [0.2, 0.25) is 15.9 Å². The van der Waals surface area contributed by atoms with E-state index in [0.29, 0.717) is 32.4 Å². The normalized spacial score (nSPS) is 20.9. The van der Waals surface area contributed by atoms with E-state index in [9.17, 15) is 18.3 Å². The fourth-order valence-electron chi connectivity index (χ4n) is 4.90. The predicted molar refractivity (Wildman–Crippen MR) is 122 cm³/mol. The first-order valence-electron chi connectivity index (χ1n) is 10.6. The summed E-state index contributed by atoms with van der Waals surface area (Å²) in [6, 6.07) is 15.8. The summed E-state index contributed by atoms with van der Waals surface area (Å²) in [4.78, 5) is 13.9. The molecule has 8 heteroatoms. The first-order chi connectivity index (χ1) is 14.7. The summed E-state index contributed by atoms with van der Waals surface area (Å²) >= 11 is 0. The second-order valence-corrected chi connectivity index (χ2v) is 10.3. The molecule has 3 atom stereocenters. The summed E-state index contributed by atoms with van der Waals surface area (Å²) in [5, 5.41) is 13.3. The molecule has 2 aromatic carbocycles. The maximum Gasteiger partial charge on any atom is 0.219 e. The summed E-state index contributed by atoms with van der Waals surface area (Å²) in [5.41, 5.74) is 2.12. The Kier molecular flexibility index (Phi) is 6.05. The third-order valence-corrected chi connectivity index (χ3v) is 6.88. The van der Waals surface area contributed by atoms with Crippen LogP contribution in [0.5, 0.6) is 0 Å². The topological polar surface area (TPSA) is 91.6 Å². The molecule has 7 nitrogen and oxygen atoms in total. The highest BCUT2D eigenvalue weighted by Crippen LogP contribution is 2.30. The van der Waals surface area contributed by atoms with Crippen molar-refractivity contribution in [2.75, 3.05) is 12.8 Å². The van der Waals surface area contributed by atoms with Crippen LogP contribution in [0.15, 0.2) is 48.5 Å². The summed E-state index contributed by atoms with van der Waals surface area (Å²) in [5.74, 6) is -0.0492. The van der Waals surface area contributed by atoms with E-state index >= 15 is 0 Å². The van der Waals surface area contributed by atoms with E-state index in [1.165, 1.54) is 6.92 Å². The minimum Gasteiger partial charge on any atom is -0.391 e. The predicted octanol–water partition coefficient (Wildman–Crippen LogP) is 2.47. The van der Waals surface area contributed by atoms with Crippen LogP contribution < -0.4 is 4.72 Å². The van der Waals surface area contributed by atoms with Gasteiger partial charge in [0, 0.05) is 53.9 Å². The van der Waals surface area contributed by atoms with E-state index in [-0.39, 0.29) is 18.0 Å². The van der Waals surface area contributed by atoms with Crippen molar-refractivity contribution in [1.82, 2.24) is 14.2 Å². The van der Waals surface area contributed by atoms with Crippen molar-refractivity contribution >= 4 is 37.7 Å². The zero-order valence-electron chi connectivity index (χ0n) is 17.9. The van der Waals surface area contributed by atoms with Gasteiger partial charge in [0.1, 0.15) is 0 Å². The third-order valence-electron chi connectivity index (χ3n) is 6.12. The molecule has 1 amide bonds. The minimum absolute atomic E-state index is 0.0492. The van der Waals surface area contributed by atoms with Crippen molar-refractivity contribution in [3.8, 4) is 0 Å². The lowest BCUT2D eigenvalue weighted by atomic mass is 9.93. The van der Waals surface area contributed by atoms with E-state index < -0.39 is 16.1 Å². The SMILES string of the molecule is CC(=O)N1CCC(NS(C)(=O)=O)CC1CC(O)Cn1c2ccccc2c2ccccc21. The molecule has 2 N–H and O–H groups in total. The quantitative estimate of drug-likeness (QED) is 0.612. The second kappa shape index (κ2) is 8.61. The van der Waals surface area contributed by atoms with Crippen LogP contribution in [0.4, 0.5) is 0 Å². The number of hydrogen-bond acceptors (Lipinski definition) is 4. The average Bonchev–Trinajstić information content (AvgIpc) is 3.01. The third kappa shape index (κ3) is 4.76. The number of sulfonamides is 1. The largest absolute Gasteiger partial charge is 0.391 e. The van der Waals surface area contributed by atoms with Crippen molar-refractivity contribution in [2.45, 2.75) is 50.9 Å². The monoisotopic (exact) mass is 443 g/mol. The van der Waals surface area contributed by atoms with Crippen LogP contribution in [0.1, 0.15) is 26.2 Å². The molecule has 1 saturated heterocycles. The molecule has 3 unspecified atom stereocenters. The number of likely N-dealkylation sites (tertiary alicyclic amines) is 1. The number of fused-ring (bicyclic) bond motifs is 3. The minimum atomic E-state index is -3.32. The highest BCUT2D eigenvalue weighted by Gasteiger charge is 2.32. The van der Waals surface area contributed by atoms with Crippen LogP contribution in [0.25, 0.3) is 21.8 Å². The molecule has 0 saturated carbocycles. The number of nitrogens with one attached hydrogen (secondary N) is 1. The molecule has 0 spiro atoms. The number of aliphatic hydroxyl groups is 1. The maximum absolute atomic E-state index is 12.1. The van der Waals surface area contributed by atoms with Gasteiger partial charge in [0.15, 0.2) is 0 Å². The Morgan fingerprint density at radius 2 is 1.71 bits per heavy atom. The number of rotatable bonds is 6. The highest BCUT2D eigenvalue weighted by atomic mass is 32.2. The second-order valence-electron chi connectivity index (χ2n) is 8.51. The number of amides is 1. The van der Waals surface area contributed by atoms with Gasteiger partial charge in [-0.05, 0) is 31.4 Å². The van der Waals surface area contributed by atoms with E-state index in [2.05, 4.69) is 33.6 Å². The first-order valence-corrected chi connectivity index (χ1v) is 12.5. The van der Waals surface area contributed by atoms with Gasteiger partial charge in [-0.15, -0.1) is 0 Å². The molecular weight excluding hydrogens is 414 g/mol. The number of para-hydroxylation sites is 2. The van der Waals surface area contributed by atoms with Gasteiger partial charge in [-0.3, -0.25) is 4.79 Å². The number of nitrogens with zero attached hydrogens (tertiary/aromatic N) is 2. The summed E-state index contributed by atoms with van der Waals surface area (Å²) in [7, 11) is -3.32. The first kappa shape index (κ1) is 21.8. The fraction of sp³-hybridized carbons (Fsp3) is 0.435. The average molecular weight is 444 g/mol. The Hall–Kier alpha value is -2.42. The summed E-state index contributed by atoms with van der Waals surface area (Å²) in [6.07, 6.45) is 1.94. The Labute approximate surface area is 182 Å². The molecule has 1 aliphatic rings. The Bertz CT molecular complexity index is 1150. The van der Waals surface area contributed by atoms with Crippen LogP contribution in [0.3, 0.4) is 0 Å². The number of benzene rings is 2. The fourth-order valence-corrected chi connectivity index (χ4v) is 5.72. The molecule has 3 aromatic rings. The van der Waals surface area contributed by atoms with Crippen molar-refractivity contribution < 1.29 is 18.3 Å². The van der Waals surface area contributed by atoms with Gasteiger partial charge >= 0.3 is 0 Å². The summed E-state index contributed by atoms with van der Waals surface area (Å²) < 4.78 is 28.1. The van der Waals surface area contributed by atoms with Crippen LogP contribution in [-0.2, 0) is 21.4 Å². The number of aromatic nitrogens is 1. The van der Waals surface area contributed by atoms with Crippen molar-refractivity contribution in [2.24, 2.45) is 0 Å². The lowest BCUT2D eigenvalue weighted by Gasteiger charge is -2.40. The van der Waals surface area contributed by atoms with E-state index in [4.69, 9.17) is 0 Å². The zero-order valence-corrected chi connectivity index (χ0v) is 18.7. The lowest BCUT2D eigenvalue weighted by Crippen LogP contribution is -2.52. The number of carbonyl (C=O) groups is 1. The van der Waals surface area contributed by atoms with Crippen molar-refractivity contribution in [1.29, 1.82) is 0 Å². The zero-order chi connectivity index (χ0) is 22.2. The Balaban J connectivity index is 1.56. The van der Waals surface area contributed by atoms with Gasteiger partial charge in [-0.25, -0.2) is 13.1 Å². The molecule has 0 bridgehead atoms. The standard InChI is InChI=1S/C23H29N3O4S/c1-16(27)25-12-11-17(24-31(2,29)30)13-18(25)14-19(28)15-26-22-9-5-3-7-20(22)21-8-4-6-10-23(21)26/h3-10,17-19,24,28H,11-15H2,1-2H3. The van der Waals surface area contributed by atoms with Crippen LogP contribution in [0.2, 0.25) is 0 Å². The number of hydrogen-bond donors (Lipinski definition) is 2. The highest BCUT2D eigenvalue weighted by molar-refractivity contribution is 7.88. The Morgan fingerprint density at radius 3 is 2.26 bits per heavy atom. The van der Waals surface area contributed by atoms with Crippen molar-refractivity contribution in [3.05, 3.63) is 48.5 Å². The molecular formula is C23H29N3O4S. The lowest BCUT2D eigenvalue weighted by molar-refractivity contribution is -0.133. The van der Waals surface area contributed by atoms with Crippen LogP contribution in [-0.4, -0.2) is 59.9 Å². The maximum atomic E-state index is 12.1.